The summed E-state index contributed by atoms with van der Waals surface area (Å²) in [4.78, 5) is 3.82. The number of hydrogen-bond donors (Lipinski definition) is 1. The molecule has 0 amide bonds. The van der Waals surface area contributed by atoms with E-state index in [2.05, 4.69) is 29.5 Å². The van der Waals surface area contributed by atoms with Gasteiger partial charge in [-0.3, -0.25) is 0 Å². The summed E-state index contributed by atoms with van der Waals surface area (Å²) in [5, 5.41) is 2.15. The highest BCUT2D eigenvalue weighted by molar-refractivity contribution is 7.10. The second-order valence-corrected chi connectivity index (χ2v) is 4.91. The fraction of sp³-hybridized carbons (Fsp3) is 0.600. The number of likely N-dealkylation sites (N-methyl/N-ethyl adjacent to an activating group) is 1. The van der Waals surface area contributed by atoms with Crippen molar-refractivity contribution in [2.24, 2.45) is 5.73 Å². The van der Waals surface area contributed by atoms with Crippen molar-refractivity contribution in [1.82, 2.24) is 4.90 Å². The zero-order valence-corrected chi connectivity index (χ0v) is 8.76. The van der Waals surface area contributed by atoms with Crippen LogP contribution in [-0.4, -0.2) is 31.1 Å². The molecule has 0 aliphatic carbocycles. The van der Waals surface area contributed by atoms with Gasteiger partial charge in [0.15, 0.2) is 0 Å². The molecular weight excluding hydrogens is 180 g/mol. The number of nitrogens with zero attached hydrogens (tertiary/aromatic N) is 1. The van der Waals surface area contributed by atoms with Gasteiger partial charge in [-0.25, -0.2) is 0 Å². The lowest BCUT2D eigenvalue weighted by Gasteiger charge is -2.33. The van der Waals surface area contributed by atoms with Gasteiger partial charge in [-0.05, 0) is 24.9 Å². The Hall–Kier alpha value is -0.380. The molecule has 2 N–H and O–H groups in total. The molecule has 0 bridgehead atoms. The first-order valence-electron chi connectivity index (χ1n) is 4.73. The summed E-state index contributed by atoms with van der Waals surface area (Å²) in [6.07, 6.45) is 1.14. The second-order valence-electron chi connectivity index (χ2n) is 3.93. The van der Waals surface area contributed by atoms with E-state index in [1.807, 2.05) is 11.3 Å². The number of likely N-dealkylation sites (tertiary alicyclic amines) is 1. The van der Waals surface area contributed by atoms with Crippen LogP contribution in [0.2, 0.25) is 0 Å². The average Bonchev–Trinajstić information content (AvgIpc) is 2.53. The molecule has 2 rings (SSSR count). The zero-order chi connectivity index (χ0) is 9.26. The first-order chi connectivity index (χ1) is 6.25. The Labute approximate surface area is 83.4 Å². The summed E-state index contributed by atoms with van der Waals surface area (Å²) < 4.78 is 0. The molecular formula is C10H16N2S. The van der Waals surface area contributed by atoms with Gasteiger partial charge in [-0.15, -0.1) is 11.3 Å². The van der Waals surface area contributed by atoms with E-state index >= 15 is 0 Å². The van der Waals surface area contributed by atoms with Gasteiger partial charge in [-0.2, -0.15) is 0 Å². The summed E-state index contributed by atoms with van der Waals surface area (Å²) >= 11 is 1.85. The van der Waals surface area contributed by atoms with Crippen molar-refractivity contribution in [2.45, 2.75) is 18.4 Å². The highest BCUT2D eigenvalue weighted by atomic mass is 32.1. The number of thiophene rings is 1. The van der Waals surface area contributed by atoms with Crippen LogP contribution in [0.1, 0.15) is 17.2 Å². The SMILES string of the molecule is CN1CC(N)CC(c2cccs2)C1. The van der Waals surface area contributed by atoms with Crippen LogP contribution in [0, 0.1) is 0 Å². The summed E-state index contributed by atoms with van der Waals surface area (Å²) in [5.74, 6) is 0.661. The Kier molecular flexibility index (Phi) is 2.67. The quantitative estimate of drug-likeness (QED) is 0.737. The molecule has 0 aromatic carbocycles. The highest BCUT2D eigenvalue weighted by Crippen LogP contribution is 2.28. The molecule has 1 aromatic heterocycles. The summed E-state index contributed by atoms with van der Waals surface area (Å²) in [5.41, 5.74) is 5.98. The molecule has 1 aromatic rings. The molecule has 1 saturated heterocycles. The smallest absolute Gasteiger partial charge is 0.0174 e. The van der Waals surface area contributed by atoms with E-state index in [4.69, 9.17) is 5.73 Å². The third kappa shape index (κ3) is 2.10. The van der Waals surface area contributed by atoms with E-state index in [0.717, 1.165) is 19.5 Å². The Balaban J connectivity index is 2.07. The van der Waals surface area contributed by atoms with Crippen molar-refractivity contribution in [3.05, 3.63) is 22.4 Å². The minimum absolute atomic E-state index is 0.353. The van der Waals surface area contributed by atoms with Crippen LogP contribution in [0.5, 0.6) is 0 Å². The van der Waals surface area contributed by atoms with Crippen molar-refractivity contribution < 1.29 is 0 Å². The first kappa shape index (κ1) is 9.19. The van der Waals surface area contributed by atoms with Crippen molar-refractivity contribution in [3.8, 4) is 0 Å². The summed E-state index contributed by atoms with van der Waals surface area (Å²) in [7, 11) is 2.15. The fourth-order valence-corrected chi connectivity index (χ4v) is 2.93. The Morgan fingerprint density at radius 3 is 3.00 bits per heavy atom. The average molecular weight is 196 g/mol. The van der Waals surface area contributed by atoms with Gasteiger partial charge in [0.1, 0.15) is 0 Å². The third-order valence-corrected chi connectivity index (χ3v) is 3.65. The molecule has 0 spiro atoms. The van der Waals surface area contributed by atoms with Gasteiger partial charge >= 0.3 is 0 Å². The molecule has 0 saturated carbocycles. The normalized spacial score (nSPS) is 30.6. The molecule has 2 unspecified atom stereocenters. The number of rotatable bonds is 1. The molecule has 1 aliphatic rings. The van der Waals surface area contributed by atoms with Crippen LogP contribution < -0.4 is 5.73 Å². The molecule has 1 fully saturated rings. The summed E-state index contributed by atoms with van der Waals surface area (Å²) in [6, 6.07) is 4.70. The number of piperidine rings is 1. The molecule has 1 aliphatic heterocycles. The van der Waals surface area contributed by atoms with Crippen LogP contribution in [0.25, 0.3) is 0 Å². The first-order valence-corrected chi connectivity index (χ1v) is 5.61. The monoisotopic (exact) mass is 196 g/mol. The lowest BCUT2D eigenvalue weighted by Crippen LogP contribution is -2.43. The standard InChI is InChI=1S/C10H16N2S/c1-12-6-8(5-9(11)7-12)10-3-2-4-13-10/h2-4,8-9H,5-7,11H2,1H3. The van der Waals surface area contributed by atoms with Gasteiger partial charge in [0.05, 0.1) is 0 Å². The number of hydrogen-bond acceptors (Lipinski definition) is 3. The topological polar surface area (TPSA) is 29.3 Å². The van der Waals surface area contributed by atoms with Crippen molar-refractivity contribution >= 4 is 11.3 Å². The predicted octanol–water partition coefficient (Wildman–Crippen LogP) is 1.49. The summed E-state index contributed by atoms with van der Waals surface area (Å²) in [6.45, 7) is 2.20. The Bertz CT molecular complexity index is 248. The molecule has 2 nitrogen and oxygen atoms in total. The van der Waals surface area contributed by atoms with E-state index in [-0.39, 0.29) is 0 Å². The maximum absolute atomic E-state index is 5.98. The van der Waals surface area contributed by atoms with E-state index in [0.29, 0.717) is 12.0 Å². The molecule has 3 heteroatoms. The van der Waals surface area contributed by atoms with E-state index < -0.39 is 0 Å². The maximum Gasteiger partial charge on any atom is 0.0174 e. The lowest BCUT2D eigenvalue weighted by molar-refractivity contribution is 0.228. The van der Waals surface area contributed by atoms with Crippen molar-refractivity contribution in [1.29, 1.82) is 0 Å². The van der Waals surface area contributed by atoms with Crippen molar-refractivity contribution in [3.63, 3.8) is 0 Å². The van der Waals surface area contributed by atoms with Crippen LogP contribution in [0.15, 0.2) is 17.5 Å². The number of nitrogens with two attached hydrogens (primary N) is 1. The van der Waals surface area contributed by atoms with Crippen LogP contribution in [0.3, 0.4) is 0 Å². The van der Waals surface area contributed by atoms with Gasteiger partial charge in [-0.1, -0.05) is 6.07 Å². The van der Waals surface area contributed by atoms with Crippen LogP contribution >= 0.6 is 11.3 Å². The van der Waals surface area contributed by atoms with E-state index in [9.17, 15) is 0 Å². The highest BCUT2D eigenvalue weighted by Gasteiger charge is 2.24. The third-order valence-electron chi connectivity index (χ3n) is 2.61. The lowest BCUT2D eigenvalue weighted by atomic mass is 9.94. The van der Waals surface area contributed by atoms with E-state index in [1.165, 1.54) is 4.88 Å². The Morgan fingerprint density at radius 2 is 2.38 bits per heavy atom. The van der Waals surface area contributed by atoms with Crippen LogP contribution in [0.4, 0.5) is 0 Å². The predicted molar refractivity (Wildman–Crippen MR) is 57.1 cm³/mol. The zero-order valence-electron chi connectivity index (χ0n) is 7.94. The van der Waals surface area contributed by atoms with Gasteiger partial charge in [0.2, 0.25) is 0 Å². The molecule has 2 atom stereocenters. The van der Waals surface area contributed by atoms with Gasteiger partial charge in [0.25, 0.3) is 0 Å². The van der Waals surface area contributed by atoms with E-state index in [1.54, 1.807) is 0 Å². The minimum Gasteiger partial charge on any atom is -0.327 e. The molecule has 13 heavy (non-hydrogen) atoms. The van der Waals surface area contributed by atoms with Crippen molar-refractivity contribution in [2.75, 3.05) is 20.1 Å². The molecule has 0 radical (unpaired) electrons. The second kappa shape index (κ2) is 3.78. The molecule has 2 heterocycles. The minimum atomic E-state index is 0.353. The van der Waals surface area contributed by atoms with Gasteiger partial charge < -0.3 is 10.6 Å². The molecule has 72 valence electrons. The maximum atomic E-state index is 5.98. The van der Waals surface area contributed by atoms with Gasteiger partial charge in [0, 0.05) is 29.9 Å². The largest absolute Gasteiger partial charge is 0.327 e. The van der Waals surface area contributed by atoms with Crippen LogP contribution in [-0.2, 0) is 0 Å². The Morgan fingerprint density at radius 1 is 1.54 bits per heavy atom. The fourth-order valence-electron chi connectivity index (χ4n) is 2.10.